The second kappa shape index (κ2) is 22.5. The normalized spacial score (nSPS) is 11.1. The molecule has 0 saturated heterocycles. The summed E-state index contributed by atoms with van der Waals surface area (Å²) in [5.41, 5.74) is 4.01. The number of aromatic amines is 1. The first-order valence-corrected chi connectivity index (χ1v) is 22.7. The summed E-state index contributed by atoms with van der Waals surface area (Å²) in [6.45, 7) is 3.01. The maximum atomic E-state index is 13.8. The Balaban J connectivity index is 0.000000182. The third kappa shape index (κ3) is 12.4. The number of anilines is 3. The van der Waals surface area contributed by atoms with Crippen molar-refractivity contribution >= 4 is 83.3 Å². The van der Waals surface area contributed by atoms with Gasteiger partial charge < -0.3 is 31.6 Å². The predicted octanol–water partition coefficient (Wildman–Crippen LogP) is 6.79. The average molecular weight is 945 g/mol. The molecular weight excluding hydrogens is 903 g/mol. The number of nitrogens with zero attached hydrogens (tertiary/aromatic N) is 10. The fourth-order valence-electron chi connectivity index (χ4n) is 6.62. The largest absolute Gasteiger partial charge is 0.362 e. The van der Waals surface area contributed by atoms with Crippen LogP contribution in [0.15, 0.2) is 97.8 Å². The maximum absolute atomic E-state index is 13.8. The van der Waals surface area contributed by atoms with Crippen molar-refractivity contribution in [2.45, 2.75) is 38.8 Å². The van der Waals surface area contributed by atoms with Crippen molar-refractivity contribution in [1.82, 2.24) is 60.5 Å². The van der Waals surface area contributed by atoms with Gasteiger partial charge in [0, 0.05) is 70.3 Å². The van der Waals surface area contributed by atoms with E-state index < -0.39 is 10.7 Å². The van der Waals surface area contributed by atoms with Crippen LogP contribution in [0.25, 0.3) is 31.7 Å². The molecule has 19 nitrogen and oxygen atoms in total. The number of rotatable bonds is 20. The number of hydrogen-bond acceptors (Lipinski definition) is 18. The number of aromatic nitrogens is 10. The second-order valence-corrected chi connectivity index (χ2v) is 16.7. The molecular formula is C44H42F2N16O3S2. The van der Waals surface area contributed by atoms with Crippen LogP contribution in [-0.4, -0.2) is 86.8 Å². The predicted molar refractivity (Wildman–Crippen MR) is 253 cm³/mol. The van der Waals surface area contributed by atoms with Gasteiger partial charge in [0.05, 0.1) is 50.4 Å². The number of nitro benzene ring substituents is 1. The summed E-state index contributed by atoms with van der Waals surface area (Å²) in [6.07, 6.45) is 8.41. The first kappa shape index (κ1) is 45.9. The number of halogens is 2. The first-order valence-electron chi connectivity index (χ1n) is 21.0. The minimum absolute atomic E-state index is 0.147. The Morgan fingerprint density at radius 2 is 1.22 bits per heavy atom. The number of para-hydroxylation sites is 4. The van der Waals surface area contributed by atoms with Crippen LogP contribution in [0.5, 0.6) is 0 Å². The number of thiazole rings is 2. The molecule has 342 valence electrons. The summed E-state index contributed by atoms with van der Waals surface area (Å²) in [4.78, 5) is 66.5. The zero-order valence-electron chi connectivity index (χ0n) is 35.6. The number of imidazole rings is 1. The van der Waals surface area contributed by atoms with Crippen LogP contribution < -0.4 is 26.6 Å². The van der Waals surface area contributed by atoms with E-state index in [4.69, 9.17) is 4.98 Å². The van der Waals surface area contributed by atoms with E-state index >= 15 is 0 Å². The highest BCUT2D eigenvalue weighted by atomic mass is 32.1. The summed E-state index contributed by atoms with van der Waals surface area (Å²) in [5, 5.41) is 28.2. The highest BCUT2D eigenvalue weighted by molar-refractivity contribution is 7.18. The molecule has 7 aromatic heterocycles. The number of fused-ring (bicyclic) bond motifs is 3. The lowest BCUT2D eigenvalue weighted by molar-refractivity contribution is -0.383. The molecule has 0 aliphatic rings. The number of amides is 1. The molecule has 9 aromatic rings. The van der Waals surface area contributed by atoms with E-state index in [9.17, 15) is 23.7 Å². The highest BCUT2D eigenvalue weighted by Crippen LogP contribution is 2.27. The number of H-pyrrole nitrogens is 1. The SMILES string of the molecule is Fc1cccnc1CNc1ncnc2sc(CCNCCc3nc4ccccc4[nH]3)nc12.O=C(CCNCCc1nc2c(NCc3ncccc3F)ncnc2s1)Nc1ccccc1[N+](=O)[O-]. The Morgan fingerprint density at radius 1 is 0.657 bits per heavy atom. The van der Waals surface area contributed by atoms with Crippen LogP contribution in [0, 0.1) is 21.7 Å². The molecule has 0 fully saturated rings. The minimum Gasteiger partial charge on any atom is -0.362 e. The van der Waals surface area contributed by atoms with Gasteiger partial charge in [-0.3, -0.25) is 24.9 Å². The smallest absolute Gasteiger partial charge is 0.292 e. The van der Waals surface area contributed by atoms with Crippen molar-refractivity contribution in [3.8, 4) is 0 Å². The van der Waals surface area contributed by atoms with Crippen LogP contribution in [0.1, 0.15) is 33.6 Å². The molecule has 23 heteroatoms. The van der Waals surface area contributed by atoms with Gasteiger partial charge in [-0.25, -0.2) is 43.7 Å². The number of carbonyl (C=O) groups excluding carboxylic acids is 1. The number of nitrogens with one attached hydrogen (secondary N) is 6. The number of benzene rings is 2. The summed E-state index contributed by atoms with van der Waals surface area (Å²) in [6, 6.07) is 19.9. The second-order valence-electron chi connectivity index (χ2n) is 14.6. The van der Waals surface area contributed by atoms with Gasteiger partial charge >= 0.3 is 0 Å². The number of pyridine rings is 2. The van der Waals surface area contributed by atoms with Crippen molar-refractivity contribution < 1.29 is 18.5 Å². The lowest BCUT2D eigenvalue weighted by atomic mass is 10.2. The number of nitro groups is 1. The van der Waals surface area contributed by atoms with Gasteiger partial charge in [-0.2, -0.15) is 0 Å². The molecule has 0 aliphatic carbocycles. The molecule has 0 spiro atoms. The van der Waals surface area contributed by atoms with E-state index in [2.05, 4.69) is 71.4 Å². The Hall–Kier alpha value is -7.60. The lowest BCUT2D eigenvalue weighted by Crippen LogP contribution is -2.23. The van der Waals surface area contributed by atoms with Crippen LogP contribution in [0.4, 0.5) is 31.8 Å². The molecule has 67 heavy (non-hydrogen) atoms. The fraction of sp³-hybridized carbons (Fsp3) is 0.227. The Labute approximate surface area is 388 Å². The lowest BCUT2D eigenvalue weighted by Gasteiger charge is -2.06. The monoisotopic (exact) mass is 944 g/mol. The summed E-state index contributed by atoms with van der Waals surface area (Å²) < 4.78 is 27.6. The van der Waals surface area contributed by atoms with Gasteiger partial charge in [0.15, 0.2) is 11.6 Å². The fourth-order valence-corrected chi connectivity index (χ4v) is 8.43. The van der Waals surface area contributed by atoms with Gasteiger partial charge in [-0.05, 0) is 42.5 Å². The Morgan fingerprint density at radius 3 is 1.82 bits per heavy atom. The maximum Gasteiger partial charge on any atom is 0.292 e. The van der Waals surface area contributed by atoms with Crippen LogP contribution >= 0.6 is 22.7 Å². The molecule has 0 unspecified atom stereocenters. The van der Waals surface area contributed by atoms with Gasteiger partial charge in [-0.15, -0.1) is 0 Å². The zero-order chi connectivity index (χ0) is 46.4. The third-order valence-corrected chi connectivity index (χ3v) is 12.0. The van der Waals surface area contributed by atoms with Crippen molar-refractivity contribution in [3.05, 3.63) is 147 Å². The summed E-state index contributed by atoms with van der Waals surface area (Å²) in [7, 11) is 0. The van der Waals surface area contributed by atoms with Crippen LogP contribution in [-0.2, 0) is 37.1 Å². The molecule has 9 rings (SSSR count). The van der Waals surface area contributed by atoms with E-state index in [-0.39, 0.29) is 48.3 Å². The van der Waals surface area contributed by atoms with Gasteiger partial charge in [0.1, 0.15) is 56.5 Å². The highest BCUT2D eigenvalue weighted by Gasteiger charge is 2.16. The topological polar surface area (TPSA) is 252 Å². The number of carbonyl (C=O) groups is 1. The van der Waals surface area contributed by atoms with Crippen molar-refractivity contribution in [1.29, 1.82) is 0 Å². The molecule has 0 radical (unpaired) electrons. The minimum atomic E-state index is -0.534. The van der Waals surface area contributed by atoms with Crippen molar-refractivity contribution in [2.75, 3.05) is 42.1 Å². The molecule has 1 amide bonds. The van der Waals surface area contributed by atoms with E-state index in [0.717, 1.165) is 57.6 Å². The summed E-state index contributed by atoms with van der Waals surface area (Å²) >= 11 is 2.97. The Kier molecular flexibility index (Phi) is 15.5. The third-order valence-electron chi connectivity index (χ3n) is 9.91. The van der Waals surface area contributed by atoms with Crippen LogP contribution in [0.2, 0.25) is 0 Å². The quantitative estimate of drug-likeness (QED) is 0.0261. The van der Waals surface area contributed by atoms with E-state index in [1.807, 2.05) is 24.3 Å². The van der Waals surface area contributed by atoms with Crippen LogP contribution in [0.3, 0.4) is 0 Å². The van der Waals surface area contributed by atoms with Gasteiger partial charge in [0.25, 0.3) is 5.69 Å². The van der Waals surface area contributed by atoms with Crippen molar-refractivity contribution in [3.63, 3.8) is 0 Å². The van der Waals surface area contributed by atoms with E-state index in [0.29, 0.717) is 52.7 Å². The van der Waals surface area contributed by atoms with Gasteiger partial charge in [0.2, 0.25) is 5.91 Å². The van der Waals surface area contributed by atoms with E-state index in [1.165, 1.54) is 60.5 Å². The zero-order valence-corrected chi connectivity index (χ0v) is 37.2. The molecule has 0 saturated carbocycles. The molecule has 6 N–H and O–H groups in total. The van der Waals surface area contributed by atoms with Crippen molar-refractivity contribution in [2.24, 2.45) is 0 Å². The number of hydrogen-bond donors (Lipinski definition) is 6. The molecule has 0 aliphatic heterocycles. The standard InChI is InChI=1S/C22H21FN8O3S.C22H21FN8S/c23-14-4-3-9-25-16(14)12-26-21-20-22(28-13-27-21)35-19(30-20)8-11-24-10-7-18(32)29-15-5-1-2-6-17(15)31(33)34;23-14-4-3-9-25-17(14)12-26-21-20-22(28-13-27-21)32-19(31-20)8-11-24-10-7-18-29-15-5-1-2-6-16(15)30-18/h1-6,9,13,24H,7-8,10-12H2,(H,29,32)(H,26,27,28);1-6,9,13,24H,7-8,10-12H2,(H,29,30)(H,26,27,28). The average Bonchev–Trinajstić information content (AvgIpc) is 4.08. The molecule has 0 atom stereocenters. The Bertz CT molecular complexity index is 3080. The van der Waals surface area contributed by atoms with E-state index in [1.54, 1.807) is 35.7 Å². The molecule has 7 heterocycles. The van der Waals surface area contributed by atoms with Gasteiger partial charge in [-0.1, -0.05) is 46.9 Å². The molecule has 2 aromatic carbocycles. The molecule has 0 bridgehead atoms. The summed E-state index contributed by atoms with van der Waals surface area (Å²) in [5.74, 6) is 1.00. The first-order chi connectivity index (χ1) is 32.8.